The minimum Gasteiger partial charge on any atom is -0.381 e. The summed E-state index contributed by atoms with van der Waals surface area (Å²) >= 11 is 0. The minimum absolute atomic E-state index is 0. The fourth-order valence-corrected chi connectivity index (χ4v) is 6.46. The molecule has 0 spiro atoms. The summed E-state index contributed by atoms with van der Waals surface area (Å²) in [6, 6.07) is 5.26. The van der Waals surface area contributed by atoms with Gasteiger partial charge in [-0.2, -0.15) is 4.31 Å². The highest BCUT2D eigenvalue weighted by atomic mass is 35.5. The Kier molecular flexibility index (Phi) is 9.71. The highest BCUT2D eigenvalue weighted by molar-refractivity contribution is 7.91. The average molecular weight is 494 g/mol. The normalized spacial score (nSPS) is 19.3. The van der Waals surface area contributed by atoms with Gasteiger partial charge in [-0.25, -0.2) is 18.3 Å². The first-order valence-corrected chi connectivity index (χ1v) is 12.3. The molecular weight excluding hydrogens is 461 g/mol. The molecule has 11 heteroatoms. The van der Waals surface area contributed by atoms with Crippen molar-refractivity contribution in [2.45, 2.75) is 50.2 Å². The van der Waals surface area contributed by atoms with Crippen LogP contribution in [0.5, 0.6) is 0 Å². The molecule has 2 N–H and O–H groups in total. The number of hydroxylamine groups is 1. The van der Waals surface area contributed by atoms with Crippen molar-refractivity contribution in [1.82, 2.24) is 9.79 Å². The van der Waals surface area contributed by atoms with E-state index in [4.69, 9.17) is 9.94 Å². The Balaban J connectivity index is 0.00000363. The second-order valence-electron chi connectivity index (χ2n) is 8.18. The number of ether oxygens (including phenoxy) is 1. The van der Waals surface area contributed by atoms with Crippen LogP contribution in [-0.2, 0) is 26.0 Å². The number of unbranched alkanes of at least 4 members (excludes halogenated alkanes) is 2. The number of hydrogen-bond acceptors (Lipinski definition) is 6. The zero-order valence-corrected chi connectivity index (χ0v) is 20.0. The number of carbonyl (C=O) groups is 1. The van der Waals surface area contributed by atoms with E-state index in [0.717, 1.165) is 31.2 Å². The first kappa shape index (κ1) is 26.8. The van der Waals surface area contributed by atoms with Crippen LogP contribution in [0, 0.1) is 5.82 Å². The molecule has 32 heavy (non-hydrogen) atoms. The summed E-state index contributed by atoms with van der Waals surface area (Å²) in [4.78, 5) is 14.2. The SMILES string of the molecule is CCCCCc1ccc(N2CCN(S(=O)(=O)C3(C(=O)NO)CCOCC3)CC2)c(F)c1.Cl. The quantitative estimate of drug-likeness (QED) is 0.328. The zero-order chi connectivity index (χ0) is 22.5. The van der Waals surface area contributed by atoms with Gasteiger partial charge in [0.1, 0.15) is 5.82 Å². The summed E-state index contributed by atoms with van der Waals surface area (Å²) in [7, 11) is -4.03. The minimum atomic E-state index is -4.03. The number of aryl methyl sites for hydroxylation is 1. The maximum absolute atomic E-state index is 14.7. The summed E-state index contributed by atoms with van der Waals surface area (Å²) in [5.41, 5.74) is 2.95. The van der Waals surface area contributed by atoms with Crippen LogP contribution in [0.2, 0.25) is 0 Å². The molecule has 0 saturated carbocycles. The second-order valence-corrected chi connectivity index (χ2v) is 10.4. The van der Waals surface area contributed by atoms with Crippen LogP contribution in [-0.4, -0.2) is 68.0 Å². The Morgan fingerprint density at radius 2 is 1.84 bits per heavy atom. The zero-order valence-electron chi connectivity index (χ0n) is 18.4. The number of hydrogen-bond donors (Lipinski definition) is 2. The molecular formula is C21H33ClFN3O5S. The number of sulfonamides is 1. The Bertz CT molecular complexity index is 872. The number of benzene rings is 1. The molecule has 0 aliphatic carbocycles. The fraction of sp³-hybridized carbons (Fsp3) is 0.667. The van der Waals surface area contributed by atoms with E-state index < -0.39 is 20.7 Å². The number of halogens is 2. The van der Waals surface area contributed by atoms with Crippen molar-refractivity contribution < 1.29 is 27.5 Å². The number of rotatable bonds is 8. The smallest absolute Gasteiger partial charge is 0.266 e. The molecule has 2 heterocycles. The molecule has 0 aromatic heterocycles. The summed E-state index contributed by atoms with van der Waals surface area (Å²) in [5, 5.41) is 9.15. The predicted octanol–water partition coefficient (Wildman–Crippen LogP) is 2.49. The van der Waals surface area contributed by atoms with Gasteiger partial charge in [-0.3, -0.25) is 10.0 Å². The first-order chi connectivity index (χ1) is 14.9. The summed E-state index contributed by atoms with van der Waals surface area (Å²) in [6.45, 7) is 3.30. The van der Waals surface area contributed by atoms with Gasteiger partial charge in [0.15, 0.2) is 4.75 Å². The van der Waals surface area contributed by atoms with E-state index in [1.165, 1.54) is 9.79 Å². The molecule has 2 aliphatic rings. The lowest BCUT2D eigenvalue weighted by atomic mass is 9.98. The van der Waals surface area contributed by atoms with Crippen molar-refractivity contribution >= 4 is 34.0 Å². The molecule has 3 rings (SSSR count). The van der Waals surface area contributed by atoms with Crippen molar-refractivity contribution in [3.05, 3.63) is 29.6 Å². The number of nitrogens with one attached hydrogen (secondary N) is 1. The molecule has 2 aliphatic heterocycles. The van der Waals surface area contributed by atoms with Gasteiger partial charge in [0.2, 0.25) is 10.0 Å². The molecule has 1 amide bonds. The lowest BCUT2D eigenvalue weighted by Gasteiger charge is -2.42. The third-order valence-electron chi connectivity index (χ3n) is 6.31. The van der Waals surface area contributed by atoms with Gasteiger partial charge < -0.3 is 9.64 Å². The van der Waals surface area contributed by atoms with E-state index in [1.54, 1.807) is 12.1 Å². The highest BCUT2D eigenvalue weighted by Crippen LogP contribution is 2.34. The van der Waals surface area contributed by atoms with Crippen LogP contribution < -0.4 is 10.4 Å². The summed E-state index contributed by atoms with van der Waals surface area (Å²) in [6.07, 6.45) is 4.06. The lowest BCUT2D eigenvalue weighted by Crippen LogP contribution is -2.62. The van der Waals surface area contributed by atoms with E-state index in [-0.39, 0.29) is 57.4 Å². The Labute approximate surface area is 195 Å². The fourth-order valence-electron chi connectivity index (χ4n) is 4.36. The maximum atomic E-state index is 14.7. The molecule has 0 radical (unpaired) electrons. The predicted molar refractivity (Wildman–Crippen MR) is 122 cm³/mol. The molecule has 2 saturated heterocycles. The average Bonchev–Trinajstić information content (AvgIpc) is 2.79. The Hall–Kier alpha value is -1.46. The third kappa shape index (κ3) is 5.36. The van der Waals surface area contributed by atoms with E-state index in [1.807, 2.05) is 11.0 Å². The number of carbonyl (C=O) groups excluding carboxylic acids is 1. The van der Waals surface area contributed by atoms with Crippen LogP contribution in [0.25, 0.3) is 0 Å². The van der Waals surface area contributed by atoms with Gasteiger partial charge in [-0.15, -0.1) is 12.4 Å². The molecule has 1 aromatic carbocycles. The molecule has 0 bridgehead atoms. The first-order valence-electron chi connectivity index (χ1n) is 10.9. The second kappa shape index (κ2) is 11.6. The van der Waals surface area contributed by atoms with Gasteiger partial charge in [0.25, 0.3) is 5.91 Å². The van der Waals surface area contributed by atoms with Gasteiger partial charge in [0.05, 0.1) is 5.69 Å². The molecule has 8 nitrogen and oxygen atoms in total. The van der Waals surface area contributed by atoms with E-state index in [2.05, 4.69) is 6.92 Å². The van der Waals surface area contributed by atoms with Crippen molar-refractivity contribution in [3.63, 3.8) is 0 Å². The Morgan fingerprint density at radius 3 is 2.41 bits per heavy atom. The molecule has 0 unspecified atom stereocenters. The van der Waals surface area contributed by atoms with E-state index >= 15 is 0 Å². The topological polar surface area (TPSA) is 99.2 Å². The highest BCUT2D eigenvalue weighted by Gasteiger charge is 2.54. The molecule has 182 valence electrons. The number of piperazine rings is 1. The summed E-state index contributed by atoms with van der Waals surface area (Å²) in [5.74, 6) is -1.23. The summed E-state index contributed by atoms with van der Waals surface area (Å²) < 4.78 is 46.2. The maximum Gasteiger partial charge on any atom is 0.266 e. The van der Waals surface area contributed by atoms with E-state index in [0.29, 0.717) is 18.8 Å². The van der Waals surface area contributed by atoms with Gasteiger partial charge >= 0.3 is 0 Å². The van der Waals surface area contributed by atoms with Crippen LogP contribution >= 0.6 is 12.4 Å². The third-order valence-corrected chi connectivity index (χ3v) is 8.94. The van der Waals surface area contributed by atoms with Crippen molar-refractivity contribution in [1.29, 1.82) is 0 Å². The largest absolute Gasteiger partial charge is 0.381 e. The van der Waals surface area contributed by atoms with Crippen molar-refractivity contribution in [2.75, 3.05) is 44.3 Å². The number of amides is 1. The van der Waals surface area contributed by atoms with Gasteiger partial charge in [-0.05, 0) is 30.5 Å². The van der Waals surface area contributed by atoms with Crippen molar-refractivity contribution in [2.24, 2.45) is 0 Å². The lowest BCUT2D eigenvalue weighted by molar-refractivity contribution is -0.134. The Morgan fingerprint density at radius 1 is 1.19 bits per heavy atom. The van der Waals surface area contributed by atoms with E-state index in [9.17, 15) is 17.6 Å². The molecule has 0 atom stereocenters. The standard InChI is InChI=1S/C21H32FN3O5S.ClH/c1-2-3-4-5-17-6-7-19(18(22)16-17)24-10-12-25(13-11-24)31(28,29)21(20(26)23-27)8-14-30-15-9-21;/h6-7,16,27H,2-5,8-15H2,1H3,(H,23,26);1H. The number of anilines is 1. The number of nitrogens with zero attached hydrogens (tertiary/aromatic N) is 2. The van der Waals surface area contributed by atoms with Crippen LogP contribution in [0.1, 0.15) is 44.6 Å². The van der Waals surface area contributed by atoms with Crippen LogP contribution in [0.15, 0.2) is 18.2 Å². The molecule has 1 aromatic rings. The monoisotopic (exact) mass is 493 g/mol. The van der Waals surface area contributed by atoms with Gasteiger partial charge in [0, 0.05) is 52.2 Å². The molecule has 2 fully saturated rings. The van der Waals surface area contributed by atoms with Gasteiger partial charge in [-0.1, -0.05) is 25.8 Å². The van der Waals surface area contributed by atoms with Crippen LogP contribution in [0.3, 0.4) is 0 Å². The van der Waals surface area contributed by atoms with Crippen molar-refractivity contribution in [3.8, 4) is 0 Å². The van der Waals surface area contributed by atoms with Crippen LogP contribution in [0.4, 0.5) is 10.1 Å².